The molecule has 0 aliphatic carbocycles. The zero-order chi connectivity index (χ0) is 16.1. The molecule has 3 N–H and O–H groups in total. The second kappa shape index (κ2) is 6.85. The first-order valence-corrected chi connectivity index (χ1v) is 6.87. The molecule has 0 fully saturated rings. The molecule has 2 amide bonds. The van der Waals surface area contributed by atoms with Gasteiger partial charge in [0.25, 0.3) is 5.91 Å². The zero-order valence-electron chi connectivity index (χ0n) is 12.2. The zero-order valence-corrected chi connectivity index (χ0v) is 12.2. The van der Waals surface area contributed by atoms with E-state index in [1.807, 2.05) is 31.2 Å². The van der Waals surface area contributed by atoms with Crippen LogP contribution in [0.2, 0.25) is 0 Å². The number of halogens is 1. The van der Waals surface area contributed by atoms with E-state index in [-0.39, 0.29) is 12.0 Å². The lowest BCUT2D eigenvalue weighted by molar-refractivity contribution is -0.119. The quantitative estimate of drug-likeness (QED) is 0.886. The van der Waals surface area contributed by atoms with Crippen molar-refractivity contribution in [1.29, 1.82) is 0 Å². The van der Waals surface area contributed by atoms with Crippen LogP contribution in [0.15, 0.2) is 48.5 Å². The van der Waals surface area contributed by atoms with Crippen LogP contribution < -0.4 is 11.1 Å². The van der Waals surface area contributed by atoms with Crippen molar-refractivity contribution in [3.63, 3.8) is 0 Å². The van der Waals surface area contributed by atoms with Crippen LogP contribution in [0.5, 0.6) is 0 Å². The number of benzene rings is 2. The Kier molecular flexibility index (Phi) is 4.88. The van der Waals surface area contributed by atoms with E-state index in [1.54, 1.807) is 6.07 Å². The van der Waals surface area contributed by atoms with Crippen molar-refractivity contribution in [2.75, 3.05) is 0 Å². The average molecular weight is 300 g/mol. The first-order valence-electron chi connectivity index (χ1n) is 6.87. The molecule has 4 nitrogen and oxygen atoms in total. The first kappa shape index (κ1) is 15.7. The van der Waals surface area contributed by atoms with E-state index in [0.29, 0.717) is 0 Å². The fraction of sp³-hybridized carbons (Fsp3) is 0.176. The molecule has 0 saturated heterocycles. The highest BCUT2D eigenvalue weighted by Crippen LogP contribution is 2.09. The number of rotatable bonds is 5. The van der Waals surface area contributed by atoms with Crippen LogP contribution >= 0.6 is 0 Å². The van der Waals surface area contributed by atoms with E-state index in [1.165, 1.54) is 18.2 Å². The van der Waals surface area contributed by atoms with Crippen LogP contribution in [-0.2, 0) is 11.2 Å². The molecule has 0 aromatic heterocycles. The highest BCUT2D eigenvalue weighted by Gasteiger charge is 2.21. The predicted octanol–water partition coefficient (Wildman–Crippen LogP) is 1.96. The fourth-order valence-electron chi connectivity index (χ4n) is 2.06. The van der Waals surface area contributed by atoms with Crippen molar-refractivity contribution in [1.82, 2.24) is 5.32 Å². The molecule has 5 heteroatoms. The molecule has 2 aromatic rings. The number of carbonyl (C=O) groups is 2. The van der Waals surface area contributed by atoms with Gasteiger partial charge in [0, 0.05) is 6.42 Å². The van der Waals surface area contributed by atoms with Crippen molar-refractivity contribution < 1.29 is 14.0 Å². The SMILES string of the molecule is Cc1ccc(C[C@H](NC(=O)c2ccccc2F)C(N)=O)cc1. The lowest BCUT2D eigenvalue weighted by Gasteiger charge is -2.16. The molecule has 0 bridgehead atoms. The van der Waals surface area contributed by atoms with Gasteiger partial charge in [0.1, 0.15) is 11.9 Å². The smallest absolute Gasteiger partial charge is 0.254 e. The molecule has 2 aromatic carbocycles. The molecule has 0 spiro atoms. The molecule has 114 valence electrons. The Morgan fingerprint density at radius 3 is 2.36 bits per heavy atom. The average Bonchev–Trinajstić information content (AvgIpc) is 2.49. The van der Waals surface area contributed by atoms with Gasteiger partial charge in [-0.2, -0.15) is 0 Å². The van der Waals surface area contributed by atoms with Crippen molar-refractivity contribution in [3.8, 4) is 0 Å². The third-order valence-corrected chi connectivity index (χ3v) is 3.33. The van der Waals surface area contributed by atoms with Crippen LogP contribution in [0.25, 0.3) is 0 Å². The van der Waals surface area contributed by atoms with Gasteiger partial charge in [0.05, 0.1) is 5.56 Å². The topological polar surface area (TPSA) is 72.2 Å². The molecule has 2 rings (SSSR count). The Morgan fingerprint density at radius 1 is 1.14 bits per heavy atom. The summed E-state index contributed by atoms with van der Waals surface area (Å²) in [6.45, 7) is 1.95. The molecule has 0 aliphatic rings. The Bertz CT molecular complexity index is 683. The van der Waals surface area contributed by atoms with E-state index in [9.17, 15) is 14.0 Å². The predicted molar refractivity (Wildman–Crippen MR) is 81.7 cm³/mol. The Labute approximate surface area is 128 Å². The maximum Gasteiger partial charge on any atom is 0.254 e. The van der Waals surface area contributed by atoms with Gasteiger partial charge >= 0.3 is 0 Å². The van der Waals surface area contributed by atoms with Gasteiger partial charge in [0.15, 0.2) is 0 Å². The fourth-order valence-corrected chi connectivity index (χ4v) is 2.06. The number of carbonyl (C=O) groups excluding carboxylic acids is 2. The van der Waals surface area contributed by atoms with Gasteiger partial charge in [-0.25, -0.2) is 4.39 Å². The Hall–Kier alpha value is -2.69. The number of hydrogen-bond donors (Lipinski definition) is 2. The molecule has 0 heterocycles. The number of nitrogens with two attached hydrogens (primary N) is 1. The third-order valence-electron chi connectivity index (χ3n) is 3.33. The summed E-state index contributed by atoms with van der Waals surface area (Å²) < 4.78 is 13.6. The molecule has 0 radical (unpaired) electrons. The van der Waals surface area contributed by atoms with Crippen LogP contribution in [0.4, 0.5) is 4.39 Å². The van der Waals surface area contributed by atoms with Crippen molar-refractivity contribution >= 4 is 11.8 Å². The van der Waals surface area contributed by atoms with Crippen LogP contribution in [-0.4, -0.2) is 17.9 Å². The van der Waals surface area contributed by atoms with Crippen LogP contribution in [0, 0.1) is 12.7 Å². The summed E-state index contributed by atoms with van der Waals surface area (Å²) in [7, 11) is 0. The Balaban J connectivity index is 2.12. The molecular weight excluding hydrogens is 283 g/mol. The van der Waals surface area contributed by atoms with E-state index in [4.69, 9.17) is 5.73 Å². The molecule has 0 unspecified atom stereocenters. The second-order valence-electron chi connectivity index (χ2n) is 5.10. The summed E-state index contributed by atoms with van der Waals surface area (Å²) in [5.74, 6) is -1.96. The van der Waals surface area contributed by atoms with Gasteiger partial charge in [0.2, 0.25) is 5.91 Å². The second-order valence-corrected chi connectivity index (χ2v) is 5.10. The highest BCUT2D eigenvalue weighted by molar-refractivity contribution is 5.97. The summed E-state index contributed by atoms with van der Waals surface area (Å²) in [6.07, 6.45) is 0.260. The van der Waals surface area contributed by atoms with Crippen molar-refractivity contribution in [2.45, 2.75) is 19.4 Å². The monoisotopic (exact) mass is 300 g/mol. The summed E-state index contributed by atoms with van der Waals surface area (Å²) in [5, 5.41) is 2.48. The normalized spacial score (nSPS) is 11.7. The number of aryl methyl sites for hydroxylation is 1. The van der Waals surface area contributed by atoms with Gasteiger partial charge < -0.3 is 11.1 Å². The maximum absolute atomic E-state index is 13.6. The van der Waals surface area contributed by atoms with Gasteiger partial charge in [-0.3, -0.25) is 9.59 Å². The number of primary amides is 1. The third kappa shape index (κ3) is 3.91. The molecule has 22 heavy (non-hydrogen) atoms. The minimum Gasteiger partial charge on any atom is -0.368 e. The highest BCUT2D eigenvalue weighted by atomic mass is 19.1. The lowest BCUT2D eigenvalue weighted by Crippen LogP contribution is -2.46. The Morgan fingerprint density at radius 2 is 1.77 bits per heavy atom. The van der Waals surface area contributed by atoms with Crippen LogP contribution in [0.3, 0.4) is 0 Å². The van der Waals surface area contributed by atoms with E-state index in [2.05, 4.69) is 5.32 Å². The summed E-state index contributed by atoms with van der Waals surface area (Å²) in [4.78, 5) is 23.6. The first-order chi connectivity index (χ1) is 10.5. The molecular formula is C17H17FN2O2. The summed E-state index contributed by atoms with van der Waals surface area (Å²) in [5.41, 5.74) is 7.17. The lowest BCUT2D eigenvalue weighted by atomic mass is 10.0. The van der Waals surface area contributed by atoms with E-state index < -0.39 is 23.7 Å². The number of amides is 2. The number of nitrogens with one attached hydrogen (secondary N) is 1. The standard InChI is InChI=1S/C17H17FN2O2/c1-11-6-8-12(9-7-11)10-15(16(19)21)20-17(22)13-4-2-3-5-14(13)18/h2-9,15H,10H2,1H3,(H2,19,21)(H,20,22)/t15-/m0/s1. The van der Waals surface area contributed by atoms with Gasteiger partial charge in [-0.05, 0) is 24.6 Å². The molecule has 0 saturated carbocycles. The van der Waals surface area contributed by atoms with Gasteiger partial charge in [-0.15, -0.1) is 0 Å². The minimum absolute atomic E-state index is 0.113. The minimum atomic E-state index is -0.894. The maximum atomic E-state index is 13.6. The van der Waals surface area contributed by atoms with E-state index >= 15 is 0 Å². The largest absolute Gasteiger partial charge is 0.368 e. The van der Waals surface area contributed by atoms with E-state index in [0.717, 1.165) is 11.1 Å². The van der Waals surface area contributed by atoms with Crippen molar-refractivity contribution in [3.05, 3.63) is 71.0 Å². The number of hydrogen-bond acceptors (Lipinski definition) is 2. The van der Waals surface area contributed by atoms with Crippen molar-refractivity contribution in [2.24, 2.45) is 5.73 Å². The van der Waals surface area contributed by atoms with Gasteiger partial charge in [-0.1, -0.05) is 42.0 Å². The summed E-state index contributed by atoms with van der Waals surface area (Å²) in [6, 6.07) is 12.2. The molecule has 1 atom stereocenters. The molecule has 0 aliphatic heterocycles. The summed E-state index contributed by atoms with van der Waals surface area (Å²) >= 11 is 0. The van der Waals surface area contributed by atoms with Crippen LogP contribution in [0.1, 0.15) is 21.5 Å².